The standard InChI is InChI=1S/C17H16N4OS/c1-2-5-15-19-20(11-13-6-3-4-8-18-13)16(22)14-10-12-7-9-23-17(12)21(14)15/h3-4,6-10H,2,5,11H2,1H3. The average molecular weight is 324 g/mol. The van der Waals surface area contributed by atoms with E-state index in [1.807, 2.05) is 40.1 Å². The van der Waals surface area contributed by atoms with Crippen LogP contribution >= 0.6 is 11.3 Å². The van der Waals surface area contributed by atoms with Crippen LogP contribution in [0.2, 0.25) is 0 Å². The van der Waals surface area contributed by atoms with Crippen molar-refractivity contribution in [2.75, 3.05) is 0 Å². The van der Waals surface area contributed by atoms with E-state index in [9.17, 15) is 4.79 Å². The number of hydrogen-bond acceptors (Lipinski definition) is 4. The van der Waals surface area contributed by atoms with Crippen molar-refractivity contribution in [3.63, 3.8) is 0 Å². The minimum Gasteiger partial charge on any atom is -0.282 e. The van der Waals surface area contributed by atoms with Gasteiger partial charge in [0.1, 0.15) is 16.2 Å². The highest BCUT2D eigenvalue weighted by Gasteiger charge is 2.15. The Kier molecular flexibility index (Phi) is 3.46. The summed E-state index contributed by atoms with van der Waals surface area (Å²) < 4.78 is 3.55. The zero-order chi connectivity index (χ0) is 15.8. The van der Waals surface area contributed by atoms with Crippen molar-refractivity contribution in [2.45, 2.75) is 26.3 Å². The van der Waals surface area contributed by atoms with Gasteiger partial charge in [0.05, 0.1) is 12.2 Å². The number of thiophene rings is 1. The molecule has 0 aromatic carbocycles. The molecule has 6 heteroatoms. The Hall–Kier alpha value is -2.47. The van der Waals surface area contributed by atoms with Crippen LogP contribution in [-0.2, 0) is 13.0 Å². The highest BCUT2D eigenvalue weighted by Crippen LogP contribution is 2.25. The number of aryl methyl sites for hydroxylation is 1. The molecule has 23 heavy (non-hydrogen) atoms. The van der Waals surface area contributed by atoms with Crippen molar-refractivity contribution in [2.24, 2.45) is 0 Å². The van der Waals surface area contributed by atoms with Gasteiger partial charge in [0.25, 0.3) is 5.56 Å². The molecular formula is C17H16N4OS. The molecule has 0 atom stereocenters. The molecule has 0 unspecified atom stereocenters. The monoisotopic (exact) mass is 324 g/mol. The molecule has 4 heterocycles. The Balaban J connectivity index is 1.95. The minimum absolute atomic E-state index is 0.0705. The summed E-state index contributed by atoms with van der Waals surface area (Å²) in [6.07, 6.45) is 3.55. The van der Waals surface area contributed by atoms with Gasteiger partial charge >= 0.3 is 0 Å². The molecule has 0 fully saturated rings. The van der Waals surface area contributed by atoms with E-state index in [0.29, 0.717) is 12.1 Å². The van der Waals surface area contributed by atoms with Crippen LogP contribution in [0.3, 0.4) is 0 Å². The number of rotatable bonds is 4. The molecular weight excluding hydrogens is 308 g/mol. The van der Waals surface area contributed by atoms with Crippen molar-refractivity contribution in [3.8, 4) is 0 Å². The summed E-state index contributed by atoms with van der Waals surface area (Å²) in [6, 6.07) is 9.71. The van der Waals surface area contributed by atoms with E-state index < -0.39 is 0 Å². The van der Waals surface area contributed by atoms with Gasteiger partial charge in [0.15, 0.2) is 0 Å². The van der Waals surface area contributed by atoms with Crippen LogP contribution in [0, 0.1) is 0 Å². The van der Waals surface area contributed by atoms with Crippen LogP contribution in [0.25, 0.3) is 15.7 Å². The summed E-state index contributed by atoms with van der Waals surface area (Å²) in [5.74, 6) is 0.926. The molecule has 0 bridgehead atoms. The molecule has 0 saturated carbocycles. The summed E-state index contributed by atoms with van der Waals surface area (Å²) in [5, 5.41) is 7.77. The fourth-order valence-corrected chi connectivity index (χ4v) is 3.75. The van der Waals surface area contributed by atoms with Gasteiger partial charge in [-0.3, -0.25) is 14.2 Å². The molecule has 116 valence electrons. The van der Waals surface area contributed by atoms with Gasteiger partial charge in [0, 0.05) is 18.0 Å². The second-order valence-corrected chi connectivity index (χ2v) is 6.39. The molecule has 4 aromatic heterocycles. The van der Waals surface area contributed by atoms with Crippen molar-refractivity contribution >= 4 is 27.1 Å². The van der Waals surface area contributed by atoms with Crippen LogP contribution in [0.1, 0.15) is 24.9 Å². The molecule has 0 radical (unpaired) electrons. The van der Waals surface area contributed by atoms with E-state index >= 15 is 0 Å². The highest BCUT2D eigenvalue weighted by atomic mass is 32.1. The quantitative estimate of drug-likeness (QED) is 0.579. The Bertz CT molecular complexity index is 1030. The second kappa shape index (κ2) is 5.62. The molecule has 4 rings (SSSR count). The topological polar surface area (TPSA) is 52.2 Å². The van der Waals surface area contributed by atoms with Gasteiger partial charge < -0.3 is 0 Å². The predicted molar refractivity (Wildman–Crippen MR) is 92.2 cm³/mol. The lowest BCUT2D eigenvalue weighted by Crippen LogP contribution is -2.27. The first-order valence-electron chi connectivity index (χ1n) is 7.66. The smallest absolute Gasteiger partial charge is 0.282 e. The first-order chi connectivity index (χ1) is 11.3. The van der Waals surface area contributed by atoms with E-state index in [-0.39, 0.29) is 5.56 Å². The number of nitrogens with zero attached hydrogens (tertiary/aromatic N) is 4. The lowest BCUT2D eigenvalue weighted by atomic mass is 10.3. The number of hydrogen-bond donors (Lipinski definition) is 0. The van der Waals surface area contributed by atoms with Crippen molar-refractivity contribution in [1.29, 1.82) is 0 Å². The minimum atomic E-state index is -0.0705. The fourth-order valence-electron chi connectivity index (χ4n) is 2.84. The third-order valence-corrected chi connectivity index (χ3v) is 4.78. The Morgan fingerprint density at radius 2 is 2.17 bits per heavy atom. The predicted octanol–water partition coefficient (Wildman–Crippen LogP) is 3.11. The van der Waals surface area contributed by atoms with Gasteiger partial charge in [-0.05, 0) is 36.1 Å². The lowest BCUT2D eigenvalue weighted by molar-refractivity contribution is 0.590. The van der Waals surface area contributed by atoms with Gasteiger partial charge in [-0.15, -0.1) is 11.3 Å². The van der Waals surface area contributed by atoms with Crippen LogP contribution in [0.4, 0.5) is 0 Å². The molecule has 0 saturated heterocycles. The Morgan fingerprint density at radius 3 is 2.96 bits per heavy atom. The SMILES string of the molecule is CCCc1nn(Cc2ccccn2)c(=O)c2cc3ccsc3n12. The number of fused-ring (bicyclic) bond motifs is 3. The van der Waals surface area contributed by atoms with E-state index in [2.05, 4.69) is 17.0 Å². The van der Waals surface area contributed by atoms with Gasteiger partial charge in [-0.2, -0.15) is 5.10 Å². The third-order valence-electron chi connectivity index (χ3n) is 3.87. The maximum atomic E-state index is 12.8. The summed E-state index contributed by atoms with van der Waals surface area (Å²) in [7, 11) is 0. The second-order valence-electron chi connectivity index (χ2n) is 5.50. The molecule has 4 aromatic rings. The number of aromatic nitrogens is 4. The van der Waals surface area contributed by atoms with Gasteiger partial charge in [-0.25, -0.2) is 4.68 Å². The largest absolute Gasteiger partial charge is 0.291 e. The Labute approximate surface area is 136 Å². The first-order valence-corrected chi connectivity index (χ1v) is 8.54. The molecule has 0 aliphatic carbocycles. The van der Waals surface area contributed by atoms with E-state index in [1.165, 1.54) is 4.68 Å². The van der Waals surface area contributed by atoms with Crippen molar-refractivity contribution < 1.29 is 0 Å². The first kappa shape index (κ1) is 14.1. The van der Waals surface area contributed by atoms with Crippen LogP contribution in [0.15, 0.2) is 46.7 Å². The lowest BCUT2D eigenvalue weighted by Gasteiger charge is -2.10. The zero-order valence-corrected chi connectivity index (χ0v) is 13.6. The van der Waals surface area contributed by atoms with E-state index in [1.54, 1.807) is 17.5 Å². The summed E-state index contributed by atoms with van der Waals surface area (Å²) >= 11 is 1.64. The molecule has 0 aliphatic rings. The maximum Gasteiger partial charge on any atom is 0.291 e. The van der Waals surface area contributed by atoms with Gasteiger partial charge in [0.2, 0.25) is 0 Å². The Morgan fingerprint density at radius 1 is 1.26 bits per heavy atom. The van der Waals surface area contributed by atoms with Crippen LogP contribution in [0.5, 0.6) is 0 Å². The molecule has 0 amide bonds. The molecule has 0 N–H and O–H groups in total. The van der Waals surface area contributed by atoms with Crippen molar-refractivity contribution in [3.05, 3.63) is 63.8 Å². The summed E-state index contributed by atoms with van der Waals surface area (Å²) in [4.78, 5) is 18.2. The molecule has 0 aliphatic heterocycles. The fraction of sp³-hybridized carbons (Fsp3) is 0.235. The summed E-state index contributed by atoms with van der Waals surface area (Å²) in [6.45, 7) is 2.52. The average Bonchev–Trinajstić information content (AvgIpc) is 3.14. The third kappa shape index (κ3) is 2.35. The summed E-state index contributed by atoms with van der Waals surface area (Å²) in [5.41, 5.74) is 1.46. The zero-order valence-electron chi connectivity index (χ0n) is 12.8. The van der Waals surface area contributed by atoms with Crippen LogP contribution < -0.4 is 5.56 Å². The van der Waals surface area contributed by atoms with E-state index in [4.69, 9.17) is 0 Å². The van der Waals surface area contributed by atoms with Gasteiger partial charge in [-0.1, -0.05) is 13.0 Å². The van der Waals surface area contributed by atoms with Crippen LogP contribution in [-0.4, -0.2) is 19.2 Å². The van der Waals surface area contributed by atoms with E-state index in [0.717, 1.165) is 34.6 Å². The molecule has 5 nitrogen and oxygen atoms in total. The maximum absolute atomic E-state index is 12.8. The normalized spacial score (nSPS) is 11.5. The number of pyridine rings is 1. The van der Waals surface area contributed by atoms with Crippen molar-refractivity contribution in [1.82, 2.24) is 19.2 Å². The molecule has 0 spiro atoms. The highest BCUT2D eigenvalue weighted by molar-refractivity contribution is 7.16.